The van der Waals surface area contributed by atoms with E-state index in [0.29, 0.717) is 17.3 Å². The topological polar surface area (TPSA) is 49.4 Å². The van der Waals surface area contributed by atoms with Crippen molar-refractivity contribution in [2.45, 2.75) is 25.8 Å². The van der Waals surface area contributed by atoms with Crippen LogP contribution in [0, 0.1) is 0 Å². The van der Waals surface area contributed by atoms with Crippen LogP contribution < -0.4 is 5.32 Å². The molecule has 88 valence electrons. The van der Waals surface area contributed by atoms with Crippen molar-refractivity contribution in [2.24, 2.45) is 0 Å². The van der Waals surface area contributed by atoms with Crippen LogP contribution in [-0.4, -0.2) is 49.6 Å². The number of sulfone groups is 1. The van der Waals surface area contributed by atoms with E-state index >= 15 is 0 Å². The summed E-state index contributed by atoms with van der Waals surface area (Å²) in [6.07, 6.45) is 1.70. The van der Waals surface area contributed by atoms with Crippen LogP contribution in [-0.2, 0) is 9.84 Å². The van der Waals surface area contributed by atoms with Crippen LogP contribution in [0.15, 0.2) is 0 Å². The van der Waals surface area contributed by atoms with Gasteiger partial charge < -0.3 is 10.2 Å². The van der Waals surface area contributed by atoms with Gasteiger partial charge in [-0.05, 0) is 25.1 Å². The highest BCUT2D eigenvalue weighted by atomic mass is 32.2. The zero-order valence-electron chi connectivity index (χ0n) is 9.19. The van der Waals surface area contributed by atoms with Crippen molar-refractivity contribution in [3.63, 3.8) is 0 Å². The van der Waals surface area contributed by atoms with E-state index in [0.717, 1.165) is 13.0 Å². The van der Waals surface area contributed by atoms with Crippen LogP contribution in [0.3, 0.4) is 0 Å². The van der Waals surface area contributed by atoms with Gasteiger partial charge in [-0.1, -0.05) is 6.92 Å². The Labute approximate surface area is 96.9 Å². The molecular formula is C9H18N2O2S2. The van der Waals surface area contributed by atoms with Crippen molar-refractivity contribution in [3.05, 3.63) is 0 Å². The molecule has 1 N–H and O–H groups in total. The summed E-state index contributed by atoms with van der Waals surface area (Å²) in [7, 11) is -0.966. The van der Waals surface area contributed by atoms with E-state index in [1.54, 1.807) is 0 Å². The van der Waals surface area contributed by atoms with E-state index in [-0.39, 0.29) is 11.8 Å². The van der Waals surface area contributed by atoms with Gasteiger partial charge in [-0.25, -0.2) is 8.42 Å². The molecule has 1 aliphatic rings. The Morgan fingerprint density at radius 1 is 1.60 bits per heavy atom. The summed E-state index contributed by atoms with van der Waals surface area (Å²) in [5.41, 5.74) is 0. The van der Waals surface area contributed by atoms with Crippen molar-refractivity contribution >= 4 is 27.2 Å². The first-order valence-electron chi connectivity index (χ1n) is 5.17. The SMILES string of the molecule is CCCNC(=S)N(C)C1CCS(=O)(=O)C1. The Bertz CT molecular complexity index is 327. The van der Waals surface area contributed by atoms with Crippen molar-refractivity contribution in [2.75, 3.05) is 25.1 Å². The molecule has 0 saturated carbocycles. The Morgan fingerprint density at radius 3 is 2.73 bits per heavy atom. The van der Waals surface area contributed by atoms with Crippen LogP contribution in [0.25, 0.3) is 0 Å². The maximum Gasteiger partial charge on any atom is 0.168 e. The molecule has 1 atom stereocenters. The molecule has 1 unspecified atom stereocenters. The lowest BCUT2D eigenvalue weighted by Crippen LogP contribution is -2.44. The number of thiocarbonyl (C=S) groups is 1. The summed E-state index contributed by atoms with van der Waals surface area (Å²) in [4.78, 5) is 1.87. The largest absolute Gasteiger partial charge is 0.363 e. The summed E-state index contributed by atoms with van der Waals surface area (Å²) < 4.78 is 22.6. The number of nitrogens with zero attached hydrogens (tertiary/aromatic N) is 1. The Hall–Kier alpha value is -0.360. The average Bonchev–Trinajstić information content (AvgIpc) is 2.54. The monoisotopic (exact) mass is 250 g/mol. The maximum absolute atomic E-state index is 11.3. The Kier molecular flexibility index (Phi) is 4.33. The lowest BCUT2D eigenvalue weighted by atomic mass is 10.2. The number of nitrogens with one attached hydrogen (secondary N) is 1. The number of hydrogen-bond acceptors (Lipinski definition) is 3. The van der Waals surface area contributed by atoms with Gasteiger partial charge in [-0.2, -0.15) is 0 Å². The van der Waals surface area contributed by atoms with E-state index in [9.17, 15) is 8.42 Å². The third-order valence-electron chi connectivity index (χ3n) is 2.60. The highest BCUT2D eigenvalue weighted by molar-refractivity contribution is 7.91. The molecule has 0 aromatic carbocycles. The zero-order chi connectivity index (χ0) is 11.5. The Balaban J connectivity index is 2.47. The summed E-state index contributed by atoms with van der Waals surface area (Å²) in [5.74, 6) is 0.524. The van der Waals surface area contributed by atoms with E-state index in [2.05, 4.69) is 12.2 Å². The van der Waals surface area contributed by atoms with Crippen molar-refractivity contribution in [1.29, 1.82) is 0 Å². The fourth-order valence-electron chi connectivity index (χ4n) is 1.60. The lowest BCUT2D eigenvalue weighted by molar-refractivity contribution is 0.390. The van der Waals surface area contributed by atoms with Gasteiger partial charge >= 0.3 is 0 Å². The fraction of sp³-hybridized carbons (Fsp3) is 0.889. The van der Waals surface area contributed by atoms with Gasteiger partial charge in [0.05, 0.1) is 11.5 Å². The van der Waals surface area contributed by atoms with E-state index in [1.807, 2.05) is 11.9 Å². The van der Waals surface area contributed by atoms with Crippen LogP contribution in [0.5, 0.6) is 0 Å². The van der Waals surface area contributed by atoms with Crippen molar-refractivity contribution < 1.29 is 8.42 Å². The molecule has 1 rings (SSSR count). The molecule has 4 nitrogen and oxygen atoms in total. The maximum atomic E-state index is 11.3. The highest BCUT2D eigenvalue weighted by Crippen LogP contribution is 2.16. The molecule has 0 radical (unpaired) electrons. The van der Waals surface area contributed by atoms with Crippen molar-refractivity contribution in [1.82, 2.24) is 10.2 Å². The molecule has 1 fully saturated rings. The smallest absolute Gasteiger partial charge is 0.168 e. The van der Waals surface area contributed by atoms with E-state index in [4.69, 9.17) is 12.2 Å². The van der Waals surface area contributed by atoms with Crippen LogP contribution in [0.1, 0.15) is 19.8 Å². The molecule has 0 aromatic rings. The molecule has 0 aromatic heterocycles. The highest BCUT2D eigenvalue weighted by Gasteiger charge is 2.31. The summed E-state index contributed by atoms with van der Waals surface area (Å²) in [6.45, 7) is 2.90. The molecule has 0 aliphatic carbocycles. The minimum absolute atomic E-state index is 0.0480. The van der Waals surface area contributed by atoms with Gasteiger partial charge in [-0.3, -0.25) is 0 Å². The molecule has 0 spiro atoms. The molecule has 1 saturated heterocycles. The predicted octanol–water partition coefficient (Wildman–Crippen LogP) is 0.390. The normalized spacial score (nSPS) is 23.7. The minimum atomic E-state index is -2.82. The van der Waals surface area contributed by atoms with Gasteiger partial charge in [0.2, 0.25) is 0 Å². The Morgan fingerprint density at radius 2 is 2.27 bits per heavy atom. The fourth-order valence-corrected chi connectivity index (χ4v) is 3.63. The third kappa shape index (κ3) is 3.61. The number of hydrogen-bond donors (Lipinski definition) is 1. The van der Waals surface area contributed by atoms with Gasteiger partial charge in [-0.15, -0.1) is 0 Å². The first-order valence-corrected chi connectivity index (χ1v) is 7.40. The molecule has 6 heteroatoms. The van der Waals surface area contributed by atoms with Crippen LogP contribution in [0.2, 0.25) is 0 Å². The second kappa shape index (κ2) is 5.12. The number of rotatable bonds is 3. The summed E-state index contributed by atoms with van der Waals surface area (Å²) >= 11 is 5.17. The standard InChI is InChI=1S/C9H18N2O2S2/c1-3-5-10-9(14)11(2)8-4-6-15(12,13)7-8/h8H,3-7H2,1-2H3,(H,10,14). The minimum Gasteiger partial charge on any atom is -0.363 e. The quantitative estimate of drug-likeness (QED) is 0.734. The molecular weight excluding hydrogens is 232 g/mol. The van der Waals surface area contributed by atoms with Crippen LogP contribution in [0.4, 0.5) is 0 Å². The van der Waals surface area contributed by atoms with Gasteiger partial charge in [0.1, 0.15) is 0 Å². The molecule has 1 heterocycles. The van der Waals surface area contributed by atoms with E-state index < -0.39 is 9.84 Å². The van der Waals surface area contributed by atoms with Gasteiger partial charge in [0, 0.05) is 19.6 Å². The van der Waals surface area contributed by atoms with Gasteiger partial charge in [0.15, 0.2) is 14.9 Å². The first kappa shape index (κ1) is 12.7. The summed E-state index contributed by atoms with van der Waals surface area (Å²) in [6, 6.07) is 0.0480. The predicted molar refractivity (Wildman–Crippen MR) is 65.7 cm³/mol. The second-order valence-corrected chi connectivity index (χ2v) is 6.52. The first-order chi connectivity index (χ1) is 6.96. The molecule has 0 amide bonds. The zero-order valence-corrected chi connectivity index (χ0v) is 10.8. The van der Waals surface area contributed by atoms with E-state index in [1.165, 1.54) is 0 Å². The molecule has 15 heavy (non-hydrogen) atoms. The molecule has 0 bridgehead atoms. The van der Waals surface area contributed by atoms with Gasteiger partial charge in [0.25, 0.3) is 0 Å². The molecule has 1 aliphatic heterocycles. The van der Waals surface area contributed by atoms with Crippen molar-refractivity contribution in [3.8, 4) is 0 Å². The lowest BCUT2D eigenvalue weighted by Gasteiger charge is -2.26. The summed E-state index contributed by atoms with van der Waals surface area (Å²) in [5, 5.41) is 3.75. The third-order valence-corrected chi connectivity index (χ3v) is 4.79. The second-order valence-electron chi connectivity index (χ2n) is 3.90. The van der Waals surface area contributed by atoms with Crippen LogP contribution >= 0.6 is 12.2 Å². The average molecular weight is 250 g/mol.